The minimum atomic E-state index is 0.332. The number of benzene rings is 1. The number of nitrogens with zero attached hydrogens (tertiary/aromatic N) is 4. The highest BCUT2D eigenvalue weighted by molar-refractivity contribution is 7.99. The van der Waals surface area contributed by atoms with Crippen molar-refractivity contribution in [2.45, 2.75) is 48.1 Å². The Morgan fingerprint density at radius 1 is 1.17 bits per heavy atom. The second kappa shape index (κ2) is 7.61. The zero-order chi connectivity index (χ0) is 20.0. The standard InChI is InChI=1S/C20H22Cl2N6S/c21-12-3-1-4-13(16(12)22)29-15-11-24-17-18(25-15)27-19(26-17)28-9-7-20(8-10-28)6-2-5-14(20)23/h1,3-4,11,14H,2,5-10,23H2,(H,24,25,26,27)/t14-/m1/s1. The van der Waals surface area contributed by atoms with E-state index >= 15 is 0 Å². The van der Waals surface area contributed by atoms with E-state index in [0.29, 0.717) is 32.8 Å². The first-order chi connectivity index (χ1) is 14.0. The number of aromatic amines is 1. The van der Waals surface area contributed by atoms with Gasteiger partial charge in [0.1, 0.15) is 5.03 Å². The average molecular weight is 449 g/mol. The van der Waals surface area contributed by atoms with Gasteiger partial charge in [0.15, 0.2) is 11.3 Å². The molecule has 3 heterocycles. The van der Waals surface area contributed by atoms with E-state index in [9.17, 15) is 0 Å². The first kappa shape index (κ1) is 19.4. The van der Waals surface area contributed by atoms with Gasteiger partial charge in [-0.1, -0.05) is 47.5 Å². The number of hydrogen-bond acceptors (Lipinski definition) is 6. The number of H-pyrrole nitrogens is 1. The van der Waals surface area contributed by atoms with Crippen LogP contribution in [-0.4, -0.2) is 39.1 Å². The van der Waals surface area contributed by atoms with Crippen LogP contribution in [0, 0.1) is 5.41 Å². The Labute approximate surface area is 183 Å². The van der Waals surface area contributed by atoms with Crippen molar-refractivity contribution in [1.29, 1.82) is 0 Å². The molecule has 9 heteroatoms. The molecule has 2 aliphatic rings. The molecular formula is C20H22Cl2N6S. The second-order valence-electron chi connectivity index (χ2n) is 7.94. The molecule has 1 saturated carbocycles. The molecule has 0 bridgehead atoms. The van der Waals surface area contributed by atoms with E-state index in [2.05, 4.69) is 24.8 Å². The fourth-order valence-corrected chi connectivity index (χ4v) is 5.88. The fourth-order valence-electron chi connectivity index (χ4n) is 4.59. The van der Waals surface area contributed by atoms with E-state index in [-0.39, 0.29) is 0 Å². The van der Waals surface area contributed by atoms with Crippen molar-refractivity contribution < 1.29 is 0 Å². The number of aromatic nitrogens is 4. The summed E-state index contributed by atoms with van der Waals surface area (Å²) in [6.45, 7) is 1.93. The summed E-state index contributed by atoms with van der Waals surface area (Å²) in [6.07, 6.45) is 7.66. The van der Waals surface area contributed by atoms with E-state index in [1.807, 2.05) is 12.1 Å². The van der Waals surface area contributed by atoms with Gasteiger partial charge in [0, 0.05) is 24.0 Å². The maximum Gasteiger partial charge on any atom is 0.206 e. The van der Waals surface area contributed by atoms with Crippen LogP contribution in [0.15, 0.2) is 34.3 Å². The summed E-state index contributed by atoms with van der Waals surface area (Å²) < 4.78 is 0. The molecular weight excluding hydrogens is 427 g/mol. The van der Waals surface area contributed by atoms with E-state index in [4.69, 9.17) is 28.9 Å². The monoisotopic (exact) mass is 448 g/mol. The number of piperidine rings is 1. The molecule has 29 heavy (non-hydrogen) atoms. The van der Waals surface area contributed by atoms with Crippen molar-refractivity contribution in [2.24, 2.45) is 11.1 Å². The predicted octanol–water partition coefficient (Wildman–Crippen LogP) is 4.91. The third-order valence-electron chi connectivity index (χ3n) is 6.34. The van der Waals surface area contributed by atoms with Crippen LogP contribution in [0.3, 0.4) is 0 Å². The topological polar surface area (TPSA) is 83.7 Å². The largest absolute Gasteiger partial charge is 0.342 e. The Kier molecular flexibility index (Phi) is 5.10. The van der Waals surface area contributed by atoms with Gasteiger partial charge in [-0.15, -0.1) is 0 Å². The highest BCUT2D eigenvalue weighted by Crippen LogP contribution is 2.45. The van der Waals surface area contributed by atoms with Crippen molar-refractivity contribution in [3.8, 4) is 0 Å². The van der Waals surface area contributed by atoms with Crippen LogP contribution in [0.4, 0.5) is 5.95 Å². The van der Waals surface area contributed by atoms with Crippen molar-refractivity contribution in [3.05, 3.63) is 34.4 Å². The summed E-state index contributed by atoms with van der Waals surface area (Å²) in [5, 5.41) is 1.80. The van der Waals surface area contributed by atoms with Gasteiger partial charge in [-0.25, -0.2) is 9.97 Å². The molecule has 1 aliphatic carbocycles. The lowest BCUT2D eigenvalue weighted by molar-refractivity contribution is 0.197. The zero-order valence-corrected chi connectivity index (χ0v) is 18.2. The fraction of sp³-hybridized carbons (Fsp3) is 0.450. The Balaban J connectivity index is 1.34. The summed E-state index contributed by atoms with van der Waals surface area (Å²) in [7, 11) is 0. The third-order valence-corrected chi connectivity index (χ3v) is 8.24. The van der Waals surface area contributed by atoms with Crippen LogP contribution in [-0.2, 0) is 0 Å². The molecule has 6 nitrogen and oxygen atoms in total. The van der Waals surface area contributed by atoms with Crippen molar-refractivity contribution in [1.82, 2.24) is 19.9 Å². The normalized spacial score (nSPS) is 21.3. The quantitative estimate of drug-likeness (QED) is 0.591. The van der Waals surface area contributed by atoms with Crippen LogP contribution >= 0.6 is 35.0 Å². The van der Waals surface area contributed by atoms with E-state index in [1.54, 1.807) is 12.3 Å². The summed E-state index contributed by atoms with van der Waals surface area (Å²) in [6, 6.07) is 5.91. The molecule has 1 atom stereocenters. The molecule has 3 aromatic rings. The highest BCUT2D eigenvalue weighted by Gasteiger charge is 2.43. The Morgan fingerprint density at radius 3 is 2.76 bits per heavy atom. The summed E-state index contributed by atoms with van der Waals surface area (Å²) in [5.74, 6) is 0.837. The SMILES string of the molecule is N[C@@H]1CCCC12CCN(c1nc3ncc(Sc4cccc(Cl)c4Cl)nc3[nH]1)CC2. The molecule has 1 spiro atoms. The Morgan fingerprint density at radius 2 is 2.00 bits per heavy atom. The van der Waals surface area contributed by atoms with Gasteiger partial charge in [0.05, 0.1) is 16.2 Å². The van der Waals surface area contributed by atoms with E-state index in [0.717, 1.165) is 48.2 Å². The maximum absolute atomic E-state index is 6.41. The van der Waals surface area contributed by atoms with E-state index in [1.165, 1.54) is 24.6 Å². The molecule has 0 radical (unpaired) electrons. The van der Waals surface area contributed by atoms with Gasteiger partial charge < -0.3 is 15.6 Å². The number of fused-ring (bicyclic) bond motifs is 1. The number of imidazole rings is 1. The number of hydrogen-bond donors (Lipinski definition) is 2. The summed E-state index contributed by atoms with van der Waals surface area (Å²) in [4.78, 5) is 20.3. The third kappa shape index (κ3) is 3.58. The number of anilines is 1. The minimum absolute atomic E-state index is 0.332. The summed E-state index contributed by atoms with van der Waals surface area (Å²) in [5.41, 5.74) is 8.05. The maximum atomic E-state index is 6.41. The van der Waals surface area contributed by atoms with Crippen molar-refractivity contribution in [2.75, 3.05) is 18.0 Å². The number of nitrogens with one attached hydrogen (secondary N) is 1. The van der Waals surface area contributed by atoms with Gasteiger partial charge in [-0.3, -0.25) is 0 Å². The Hall–Kier alpha value is -1.54. The molecule has 0 unspecified atom stereocenters. The molecule has 1 saturated heterocycles. The first-order valence-corrected chi connectivity index (χ1v) is 11.5. The molecule has 0 amide bonds. The lowest BCUT2D eigenvalue weighted by Crippen LogP contribution is -2.47. The van der Waals surface area contributed by atoms with Gasteiger partial charge in [-0.2, -0.15) is 4.98 Å². The summed E-state index contributed by atoms with van der Waals surface area (Å²) >= 11 is 13.8. The van der Waals surface area contributed by atoms with Crippen LogP contribution in [0.25, 0.3) is 11.3 Å². The van der Waals surface area contributed by atoms with Gasteiger partial charge in [0.25, 0.3) is 0 Å². The molecule has 3 N–H and O–H groups in total. The van der Waals surface area contributed by atoms with Crippen LogP contribution in [0.2, 0.25) is 10.0 Å². The van der Waals surface area contributed by atoms with Crippen LogP contribution in [0.5, 0.6) is 0 Å². The molecule has 1 aromatic carbocycles. The molecule has 2 aromatic heterocycles. The van der Waals surface area contributed by atoms with Crippen molar-refractivity contribution in [3.63, 3.8) is 0 Å². The smallest absolute Gasteiger partial charge is 0.206 e. The number of halogens is 2. The lowest BCUT2D eigenvalue weighted by atomic mass is 9.74. The number of nitrogens with two attached hydrogens (primary N) is 1. The van der Waals surface area contributed by atoms with Crippen LogP contribution in [0.1, 0.15) is 32.1 Å². The highest BCUT2D eigenvalue weighted by atomic mass is 35.5. The molecule has 1 aliphatic heterocycles. The predicted molar refractivity (Wildman–Crippen MR) is 118 cm³/mol. The minimum Gasteiger partial charge on any atom is -0.342 e. The van der Waals surface area contributed by atoms with Gasteiger partial charge >= 0.3 is 0 Å². The van der Waals surface area contributed by atoms with Gasteiger partial charge in [-0.05, 0) is 43.2 Å². The second-order valence-corrected chi connectivity index (χ2v) is 9.79. The van der Waals surface area contributed by atoms with Gasteiger partial charge in [0.2, 0.25) is 5.95 Å². The van der Waals surface area contributed by atoms with E-state index < -0.39 is 0 Å². The number of rotatable bonds is 3. The van der Waals surface area contributed by atoms with Crippen molar-refractivity contribution >= 4 is 52.2 Å². The average Bonchev–Trinajstić information content (AvgIpc) is 3.30. The molecule has 5 rings (SSSR count). The first-order valence-electron chi connectivity index (χ1n) is 9.89. The lowest BCUT2D eigenvalue weighted by Gasteiger charge is -2.42. The molecule has 2 fully saturated rings. The Bertz CT molecular complexity index is 1050. The molecule has 152 valence electrons. The van der Waals surface area contributed by atoms with Crippen LogP contribution < -0.4 is 10.6 Å². The zero-order valence-electron chi connectivity index (χ0n) is 15.9.